The molecule has 0 aliphatic carbocycles. The molecule has 0 saturated heterocycles. The Balaban J connectivity index is 5.26. The second-order valence-corrected chi connectivity index (χ2v) is 34.4. The summed E-state index contributed by atoms with van der Waals surface area (Å²) >= 11 is 0. The molecule has 0 spiro atoms. The molecular formula is C87H170O17P2. The highest BCUT2D eigenvalue weighted by atomic mass is 31.2. The average molecular weight is 1550 g/mol. The van der Waals surface area contributed by atoms with Crippen molar-refractivity contribution in [2.75, 3.05) is 39.6 Å². The largest absolute Gasteiger partial charge is 0.472 e. The van der Waals surface area contributed by atoms with Crippen molar-refractivity contribution in [2.45, 2.75) is 490 Å². The maximum atomic E-state index is 13.2. The lowest BCUT2D eigenvalue weighted by atomic mass is 9.99. The van der Waals surface area contributed by atoms with Crippen LogP contribution in [0.2, 0.25) is 0 Å². The van der Waals surface area contributed by atoms with Gasteiger partial charge < -0.3 is 33.8 Å². The molecule has 0 saturated carbocycles. The van der Waals surface area contributed by atoms with Crippen molar-refractivity contribution in [3.63, 3.8) is 0 Å². The van der Waals surface area contributed by atoms with E-state index in [1.165, 1.54) is 295 Å². The van der Waals surface area contributed by atoms with Crippen molar-refractivity contribution >= 4 is 39.5 Å². The van der Waals surface area contributed by atoms with Crippen molar-refractivity contribution in [1.82, 2.24) is 0 Å². The summed E-state index contributed by atoms with van der Waals surface area (Å²) in [6.45, 7) is 7.38. The molecule has 3 unspecified atom stereocenters. The number of carbonyl (C=O) groups excluding carboxylic acids is 4. The third-order valence-electron chi connectivity index (χ3n) is 20.9. The molecule has 0 aliphatic heterocycles. The number of ether oxygens (including phenoxy) is 4. The van der Waals surface area contributed by atoms with E-state index in [0.29, 0.717) is 25.7 Å². The zero-order valence-corrected chi connectivity index (χ0v) is 71.4. The number of unbranched alkanes of at least 4 members (excludes halogenated alkanes) is 58. The first-order valence-electron chi connectivity index (χ1n) is 45.2. The third-order valence-corrected chi connectivity index (χ3v) is 22.8. The number of phosphoric ester groups is 2. The highest BCUT2D eigenvalue weighted by Gasteiger charge is 2.30. The molecule has 0 aromatic heterocycles. The Morgan fingerprint density at radius 3 is 0.670 bits per heavy atom. The van der Waals surface area contributed by atoms with Crippen LogP contribution in [0.1, 0.15) is 471 Å². The van der Waals surface area contributed by atoms with Crippen molar-refractivity contribution < 1.29 is 80.2 Å². The summed E-state index contributed by atoms with van der Waals surface area (Å²) in [5.74, 6) is -1.32. The maximum absolute atomic E-state index is 13.2. The Labute approximate surface area is 651 Å². The van der Waals surface area contributed by atoms with Crippen molar-refractivity contribution in [3.05, 3.63) is 0 Å². The van der Waals surface area contributed by atoms with Gasteiger partial charge in [0.25, 0.3) is 0 Å². The molecular weight excluding hydrogens is 1380 g/mol. The molecule has 6 atom stereocenters. The van der Waals surface area contributed by atoms with Gasteiger partial charge in [0.1, 0.15) is 19.3 Å². The lowest BCUT2D eigenvalue weighted by molar-refractivity contribution is -0.161. The first-order valence-corrected chi connectivity index (χ1v) is 48.2. The van der Waals surface area contributed by atoms with Crippen molar-refractivity contribution in [1.29, 1.82) is 0 Å². The van der Waals surface area contributed by atoms with Crippen LogP contribution >= 0.6 is 15.6 Å². The van der Waals surface area contributed by atoms with Gasteiger partial charge in [-0.1, -0.05) is 420 Å². The predicted octanol–water partition coefficient (Wildman–Crippen LogP) is 26.8. The highest BCUT2D eigenvalue weighted by molar-refractivity contribution is 7.47. The third kappa shape index (κ3) is 78.7. The quantitative estimate of drug-likeness (QED) is 0.0222. The smallest absolute Gasteiger partial charge is 0.462 e. The van der Waals surface area contributed by atoms with Crippen LogP contribution in [-0.4, -0.2) is 96.7 Å². The van der Waals surface area contributed by atoms with Crippen LogP contribution in [0, 0.1) is 5.92 Å². The normalized spacial score (nSPS) is 14.0. The van der Waals surface area contributed by atoms with Gasteiger partial charge in [0, 0.05) is 25.7 Å². The average Bonchev–Trinajstić information content (AvgIpc) is 0.903. The van der Waals surface area contributed by atoms with E-state index in [0.717, 1.165) is 95.8 Å². The molecule has 106 heavy (non-hydrogen) atoms. The van der Waals surface area contributed by atoms with E-state index in [2.05, 4.69) is 34.6 Å². The Morgan fingerprint density at radius 1 is 0.264 bits per heavy atom. The second-order valence-electron chi connectivity index (χ2n) is 31.5. The summed E-state index contributed by atoms with van der Waals surface area (Å²) in [7, 11) is -9.93. The van der Waals surface area contributed by atoms with Crippen LogP contribution in [0.15, 0.2) is 0 Å². The lowest BCUT2D eigenvalue weighted by Gasteiger charge is -2.21. The standard InChI is InChI=1S/C87H170O17P2/c1-6-10-13-16-19-22-25-28-31-34-36-39-42-45-48-51-58-63-68-72-86(91)103-82(76-97-84(89)70-65-60-55-49-46-43-40-38-35-32-29-26-23-20-17-14-11-7-2)78-101-105(93,94)99-74-81(88)75-100-106(95,96)102-79-83(77-98-85(90)71-66-61-56-53-52-54-59-64-69-80(5)9-4)104-87(92)73-67-62-57-50-47-44-41-37-33-30-27-24-21-18-15-12-8-3/h80-83,88H,6-79H2,1-5H3,(H,93,94)(H,95,96)/t80?,81-,82-,83-/m1/s1. The Kier molecular flexibility index (Phi) is 78.2. The molecule has 0 heterocycles. The number of hydrogen-bond acceptors (Lipinski definition) is 15. The highest BCUT2D eigenvalue weighted by Crippen LogP contribution is 2.45. The number of aliphatic hydroxyl groups is 1. The predicted molar refractivity (Wildman–Crippen MR) is 437 cm³/mol. The summed E-state index contributed by atoms with van der Waals surface area (Å²) in [5, 5.41) is 10.7. The van der Waals surface area contributed by atoms with Gasteiger partial charge in [-0.05, 0) is 31.6 Å². The number of hydrogen-bond donors (Lipinski definition) is 3. The summed E-state index contributed by atoms with van der Waals surface area (Å²) in [6, 6.07) is 0. The van der Waals surface area contributed by atoms with Gasteiger partial charge in [0.05, 0.1) is 26.4 Å². The van der Waals surface area contributed by atoms with Crippen LogP contribution in [0.4, 0.5) is 0 Å². The Hall–Kier alpha value is -1.94. The molecule has 0 amide bonds. The van der Waals surface area contributed by atoms with Gasteiger partial charge in [-0.2, -0.15) is 0 Å². The minimum atomic E-state index is -4.97. The Morgan fingerprint density at radius 2 is 0.453 bits per heavy atom. The minimum absolute atomic E-state index is 0.109. The van der Waals surface area contributed by atoms with Crippen molar-refractivity contribution in [3.8, 4) is 0 Å². The number of rotatable bonds is 87. The fourth-order valence-electron chi connectivity index (χ4n) is 13.6. The summed E-state index contributed by atoms with van der Waals surface area (Å²) in [5.41, 5.74) is 0. The summed E-state index contributed by atoms with van der Waals surface area (Å²) < 4.78 is 69.0. The van der Waals surface area contributed by atoms with E-state index in [1.807, 2.05) is 0 Å². The molecule has 17 nitrogen and oxygen atoms in total. The first kappa shape index (κ1) is 104. The first-order chi connectivity index (χ1) is 51.6. The van der Waals surface area contributed by atoms with Crippen LogP contribution in [0.5, 0.6) is 0 Å². The SMILES string of the molecule is CCCCCCCCCCCCCCCCCCCCCC(=O)O[C@H](COC(=O)CCCCCCCCCCCCCCCCCCCC)COP(=O)(O)OC[C@@H](O)COP(=O)(O)OC[C@@H](COC(=O)CCCCCCCCCCC(C)CC)OC(=O)CCCCCCCCCCCCCCCCCCC. The van der Waals surface area contributed by atoms with E-state index in [4.69, 9.17) is 37.0 Å². The number of esters is 4. The molecule has 0 rings (SSSR count). The minimum Gasteiger partial charge on any atom is -0.462 e. The van der Waals surface area contributed by atoms with Gasteiger partial charge in [0.15, 0.2) is 12.2 Å². The van der Waals surface area contributed by atoms with Crippen LogP contribution in [-0.2, 0) is 65.4 Å². The van der Waals surface area contributed by atoms with Crippen LogP contribution < -0.4 is 0 Å². The monoisotopic (exact) mass is 1550 g/mol. The van der Waals surface area contributed by atoms with Gasteiger partial charge in [-0.15, -0.1) is 0 Å². The van der Waals surface area contributed by atoms with Gasteiger partial charge in [0.2, 0.25) is 0 Å². The molecule has 3 N–H and O–H groups in total. The van der Waals surface area contributed by atoms with Gasteiger partial charge in [-0.25, -0.2) is 9.13 Å². The van der Waals surface area contributed by atoms with Crippen molar-refractivity contribution in [2.24, 2.45) is 5.92 Å². The second kappa shape index (κ2) is 79.7. The van der Waals surface area contributed by atoms with E-state index < -0.39 is 97.5 Å². The zero-order chi connectivity index (χ0) is 77.6. The molecule has 0 radical (unpaired) electrons. The van der Waals surface area contributed by atoms with E-state index in [1.54, 1.807) is 0 Å². The summed E-state index contributed by atoms with van der Waals surface area (Å²) in [4.78, 5) is 73.3. The molecule has 0 aromatic carbocycles. The Bertz CT molecular complexity index is 2020. The molecule has 0 aromatic rings. The van der Waals surface area contributed by atoms with E-state index >= 15 is 0 Å². The molecule has 0 aliphatic rings. The lowest BCUT2D eigenvalue weighted by Crippen LogP contribution is -2.30. The molecule has 630 valence electrons. The van der Waals surface area contributed by atoms with Gasteiger partial charge in [-0.3, -0.25) is 37.3 Å². The topological polar surface area (TPSA) is 237 Å². The zero-order valence-electron chi connectivity index (χ0n) is 69.6. The number of aliphatic hydroxyl groups excluding tert-OH is 1. The maximum Gasteiger partial charge on any atom is 0.472 e. The van der Waals surface area contributed by atoms with Gasteiger partial charge >= 0.3 is 39.5 Å². The molecule has 0 fully saturated rings. The number of carbonyl (C=O) groups is 4. The molecule has 0 bridgehead atoms. The molecule has 19 heteroatoms. The van der Waals surface area contributed by atoms with E-state index in [9.17, 15) is 43.2 Å². The summed E-state index contributed by atoms with van der Waals surface area (Å²) in [6.07, 6.45) is 73.5. The number of phosphoric acid groups is 2. The fourth-order valence-corrected chi connectivity index (χ4v) is 15.2. The van der Waals surface area contributed by atoms with Crippen LogP contribution in [0.3, 0.4) is 0 Å². The van der Waals surface area contributed by atoms with Crippen LogP contribution in [0.25, 0.3) is 0 Å². The van der Waals surface area contributed by atoms with E-state index in [-0.39, 0.29) is 25.7 Å². The fraction of sp³-hybridized carbons (Fsp3) is 0.954.